The molecule has 0 atom stereocenters. The van der Waals surface area contributed by atoms with Crippen molar-refractivity contribution in [2.45, 2.75) is 0 Å². The van der Waals surface area contributed by atoms with Crippen LogP contribution in [-0.4, -0.2) is 15.8 Å². The molecule has 0 saturated heterocycles. The Labute approximate surface area is 120 Å². The number of carbonyl (C=O) groups excluding carboxylic acids is 1. The molecule has 1 N–H and O–H groups in total. The van der Waals surface area contributed by atoms with Crippen LogP contribution in [0.4, 0.5) is 15.8 Å². The van der Waals surface area contributed by atoms with Gasteiger partial charge in [-0.3, -0.25) is 14.9 Å². The Morgan fingerprint density at radius 3 is 2.80 bits per heavy atom. The average Bonchev–Trinajstić information content (AvgIpc) is 2.41. The number of anilines is 1. The van der Waals surface area contributed by atoms with Gasteiger partial charge in [-0.25, -0.2) is 4.98 Å². The first-order valence-electron chi connectivity index (χ1n) is 5.35. The predicted molar refractivity (Wildman–Crippen MR) is 72.9 cm³/mol. The van der Waals surface area contributed by atoms with E-state index in [2.05, 4.69) is 26.2 Å². The molecule has 1 aromatic heterocycles. The fourth-order valence-electron chi connectivity index (χ4n) is 1.48. The summed E-state index contributed by atoms with van der Waals surface area (Å²) in [5.74, 6) is -1.47. The number of pyridine rings is 1. The Hall–Kier alpha value is -2.35. The first kappa shape index (κ1) is 14.1. The van der Waals surface area contributed by atoms with Gasteiger partial charge < -0.3 is 5.32 Å². The minimum absolute atomic E-state index is 0.124. The largest absolute Gasteiger partial charge is 0.322 e. The number of carbonyl (C=O) groups is 1. The van der Waals surface area contributed by atoms with Crippen LogP contribution in [0.3, 0.4) is 0 Å². The van der Waals surface area contributed by atoms with Gasteiger partial charge in [-0.15, -0.1) is 0 Å². The van der Waals surface area contributed by atoms with Gasteiger partial charge in [-0.1, -0.05) is 0 Å². The highest BCUT2D eigenvalue weighted by molar-refractivity contribution is 9.10. The molecular weight excluding hydrogens is 333 g/mol. The van der Waals surface area contributed by atoms with Crippen molar-refractivity contribution in [3.05, 3.63) is 62.6 Å². The Morgan fingerprint density at radius 2 is 2.15 bits per heavy atom. The summed E-state index contributed by atoms with van der Waals surface area (Å²) >= 11 is 3.12. The lowest BCUT2D eigenvalue weighted by molar-refractivity contribution is -0.387. The molecule has 0 unspecified atom stereocenters. The lowest BCUT2D eigenvalue weighted by Gasteiger charge is -2.06. The first-order chi connectivity index (χ1) is 9.49. The van der Waals surface area contributed by atoms with Gasteiger partial charge in [-0.05, 0) is 40.2 Å². The van der Waals surface area contributed by atoms with E-state index in [4.69, 9.17) is 0 Å². The van der Waals surface area contributed by atoms with Gasteiger partial charge in [0, 0.05) is 18.0 Å². The molecule has 0 radical (unpaired) electrons. The number of benzene rings is 1. The van der Waals surface area contributed by atoms with Crippen molar-refractivity contribution in [3.8, 4) is 0 Å². The van der Waals surface area contributed by atoms with Crippen LogP contribution in [0.5, 0.6) is 0 Å². The van der Waals surface area contributed by atoms with Crippen LogP contribution < -0.4 is 5.32 Å². The summed E-state index contributed by atoms with van der Waals surface area (Å²) in [4.78, 5) is 25.6. The summed E-state index contributed by atoms with van der Waals surface area (Å²) in [5, 5.41) is 13.1. The molecule has 1 aromatic carbocycles. The molecule has 2 rings (SSSR count). The molecule has 1 amide bonds. The quantitative estimate of drug-likeness (QED) is 0.528. The SMILES string of the molecule is O=C(Nc1ccc(F)c([N+](=O)[O-])c1)c1cccnc1Br. The molecule has 20 heavy (non-hydrogen) atoms. The molecular formula is C12H7BrFN3O3. The number of hydrogen-bond donors (Lipinski definition) is 1. The first-order valence-corrected chi connectivity index (χ1v) is 6.14. The summed E-state index contributed by atoms with van der Waals surface area (Å²) < 4.78 is 13.5. The molecule has 2 aromatic rings. The summed E-state index contributed by atoms with van der Waals surface area (Å²) in [6.45, 7) is 0. The van der Waals surface area contributed by atoms with Crippen molar-refractivity contribution in [1.29, 1.82) is 0 Å². The number of nitrogens with zero attached hydrogens (tertiary/aromatic N) is 2. The van der Waals surface area contributed by atoms with Gasteiger partial charge >= 0.3 is 5.69 Å². The Kier molecular flexibility index (Phi) is 4.04. The molecule has 102 valence electrons. The minimum atomic E-state index is -0.962. The van der Waals surface area contributed by atoms with Crippen LogP contribution in [-0.2, 0) is 0 Å². The summed E-state index contributed by atoms with van der Waals surface area (Å²) in [6, 6.07) is 6.23. The van der Waals surface area contributed by atoms with Gasteiger partial charge in [0.05, 0.1) is 10.5 Å². The van der Waals surface area contributed by atoms with E-state index in [0.717, 1.165) is 12.1 Å². The van der Waals surface area contributed by atoms with Crippen LogP contribution >= 0.6 is 15.9 Å². The third-order valence-corrected chi connectivity index (χ3v) is 3.04. The number of nitrogens with one attached hydrogen (secondary N) is 1. The number of nitro benzene ring substituents is 1. The predicted octanol–water partition coefficient (Wildman–Crippen LogP) is 3.14. The monoisotopic (exact) mass is 339 g/mol. The fourth-order valence-corrected chi connectivity index (χ4v) is 1.91. The van der Waals surface area contributed by atoms with E-state index in [1.807, 2.05) is 0 Å². The maximum Gasteiger partial charge on any atom is 0.306 e. The maximum atomic E-state index is 13.2. The Morgan fingerprint density at radius 1 is 1.40 bits per heavy atom. The summed E-state index contributed by atoms with van der Waals surface area (Å²) in [6.07, 6.45) is 1.50. The van der Waals surface area contributed by atoms with Gasteiger partial charge in [-0.2, -0.15) is 4.39 Å². The number of hydrogen-bond acceptors (Lipinski definition) is 4. The van der Waals surface area contributed by atoms with Gasteiger partial charge in [0.25, 0.3) is 5.91 Å². The van der Waals surface area contributed by atoms with E-state index in [0.29, 0.717) is 4.60 Å². The molecule has 0 aliphatic heterocycles. The third kappa shape index (κ3) is 2.97. The van der Waals surface area contributed by atoms with Gasteiger partial charge in [0.1, 0.15) is 4.60 Å². The van der Waals surface area contributed by atoms with E-state index in [1.54, 1.807) is 6.07 Å². The summed E-state index contributed by atoms with van der Waals surface area (Å²) in [5.41, 5.74) is -0.314. The van der Waals surface area contributed by atoms with Crippen molar-refractivity contribution >= 4 is 33.2 Å². The standard InChI is InChI=1S/C12H7BrFN3O3/c13-11-8(2-1-5-15-11)12(18)16-7-3-4-9(14)10(6-7)17(19)20/h1-6H,(H,16,18). The molecule has 0 spiro atoms. The highest BCUT2D eigenvalue weighted by atomic mass is 79.9. The van der Waals surface area contributed by atoms with Gasteiger partial charge in [0.15, 0.2) is 0 Å². The molecule has 0 aliphatic carbocycles. The molecule has 0 bridgehead atoms. The van der Waals surface area contributed by atoms with E-state index < -0.39 is 22.3 Å². The number of aromatic nitrogens is 1. The van der Waals surface area contributed by atoms with Crippen molar-refractivity contribution in [2.24, 2.45) is 0 Å². The molecule has 6 nitrogen and oxygen atoms in total. The van der Waals surface area contributed by atoms with Crippen molar-refractivity contribution < 1.29 is 14.1 Å². The topological polar surface area (TPSA) is 85.1 Å². The zero-order chi connectivity index (χ0) is 14.7. The normalized spacial score (nSPS) is 10.1. The Bertz CT molecular complexity index is 693. The highest BCUT2D eigenvalue weighted by Gasteiger charge is 2.16. The van der Waals surface area contributed by atoms with Gasteiger partial charge in [0.2, 0.25) is 5.82 Å². The fraction of sp³-hybridized carbons (Fsp3) is 0. The van der Waals surface area contributed by atoms with Crippen LogP contribution in [0.15, 0.2) is 41.1 Å². The molecule has 0 fully saturated rings. The van der Waals surface area contributed by atoms with Crippen LogP contribution in [0, 0.1) is 15.9 Å². The zero-order valence-electron chi connectivity index (χ0n) is 9.84. The number of halogens is 2. The van der Waals surface area contributed by atoms with Crippen molar-refractivity contribution in [1.82, 2.24) is 4.98 Å². The van der Waals surface area contributed by atoms with Crippen LogP contribution in [0.2, 0.25) is 0 Å². The molecule has 1 heterocycles. The lowest BCUT2D eigenvalue weighted by Crippen LogP contribution is -2.13. The van der Waals surface area contributed by atoms with Crippen molar-refractivity contribution in [3.63, 3.8) is 0 Å². The lowest BCUT2D eigenvalue weighted by atomic mass is 10.2. The van der Waals surface area contributed by atoms with E-state index in [9.17, 15) is 19.3 Å². The Balaban J connectivity index is 2.27. The zero-order valence-corrected chi connectivity index (χ0v) is 11.4. The number of rotatable bonds is 3. The second-order valence-electron chi connectivity index (χ2n) is 3.72. The highest BCUT2D eigenvalue weighted by Crippen LogP contribution is 2.22. The van der Waals surface area contributed by atoms with E-state index in [1.165, 1.54) is 18.3 Å². The smallest absolute Gasteiger partial charge is 0.306 e. The van der Waals surface area contributed by atoms with E-state index in [-0.39, 0.29) is 11.3 Å². The second-order valence-corrected chi connectivity index (χ2v) is 4.47. The minimum Gasteiger partial charge on any atom is -0.322 e. The molecule has 0 saturated carbocycles. The van der Waals surface area contributed by atoms with Crippen molar-refractivity contribution in [2.75, 3.05) is 5.32 Å². The van der Waals surface area contributed by atoms with Crippen LogP contribution in [0.25, 0.3) is 0 Å². The maximum absolute atomic E-state index is 13.2. The van der Waals surface area contributed by atoms with Crippen LogP contribution in [0.1, 0.15) is 10.4 Å². The second kappa shape index (κ2) is 5.74. The van der Waals surface area contributed by atoms with E-state index >= 15 is 0 Å². The molecule has 0 aliphatic rings. The third-order valence-electron chi connectivity index (χ3n) is 2.40. The summed E-state index contributed by atoms with van der Waals surface area (Å²) in [7, 11) is 0. The number of nitro groups is 1. The number of amides is 1. The molecule has 8 heteroatoms. The average molecular weight is 340 g/mol.